The van der Waals surface area contributed by atoms with Gasteiger partial charge in [0.05, 0.1) is 36.9 Å². The third-order valence-electron chi connectivity index (χ3n) is 6.28. The molecule has 1 aromatic heterocycles. The summed E-state index contributed by atoms with van der Waals surface area (Å²) in [5, 5.41) is 5.03. The van der Waals surface area contributed by atoms with Gasteiger partial charge in [0, 0.05) is 33.5 Å². The van der Waals surface area contributed by atoms with E-state index in [0.717, 1.165) is 10.9 Å². The van der Waals surface area contributed by atoms with E-state index in [1.165, 1.54) is 4.68 Å². The van der Waals surface area contributed by atoms with E-state index in [2.05, 4.69) is 37.0 Å². The van der Waals surface area contributed by atoms with Gasteiger partial charge in [0.15, 0.2) is 18.1 Å². The molecular weight excluding hydrogens is 620 g/mol. The number of hydrogen-bond donors (Lipinski definition) is 0. The van der Waals surface area contributed by atoms with E-state index in [-0.39, 0.29) is 24.0 Å². The summed E-state index contributed by atoms with van der Waals surface area (Å²) in [5.74, 6) is 1.42. The summed E-state index contributed by atoms with van der Waals surface area (Å²) in [6.45, 7) is 8.41. The Morgan fingerprint density at radius 3 is 2.61 bits per heavy atom. The average molecular weight is 650 g/mol. The predicted octanol–water partition coefficient (Wildman–Crippen LogP) is 4.95. The number of rotatable bonds is 9. The van der Waals surface area contributed by atoms with Crippen LogP contribution >= 0.6 is 31.9 Å². The second kappa shape index (κ2) is 12.9. The Morgan fingerprint density at radius 1 is 1.16 bits per heavy atom. The highest BCUT2D eigenvalue weighted by Gasteiger charge is 2.19. The first-order valence-electron chi connectivity index (χ1n) is 12.5. The van der Waals surface area contributed by atoms with Crippen LogP contribution in [-0.2, 0) is 9.53 Å². The lowest BCUT2D eigenvalue weighted by Gasteiger charge is -2.26. The molecular formula is C27H30Br2N4O5. The number of amides is 1. The van der Waals surface area contributed by atoms with E-state index in [1.807, 2.05) is 32.9 Å². The average Bonchev–Trinajstić information content (AvgIpc) is 2.93. The van der Waals surface area contributed by atoms with Crippen molar-refractivity contribution in [3.05, 3.63) is 61.0 Å². The first kappa shape index (κ1) is 28.3. The molecule has 3 aromatic rings. The lowest BCUT2D eigenvalue weighted by Crippen LogP contribution is -2.43. The number of benzene rings is 2. The van der Waals surface area contributed by atoms with Gasteiger partial charge in [-0.2, -0.15) is 9.78 Å². The zero-order chi connectivity index (χ0) is 27.2. The van der Waals surface area contributed by atoms with Crippen LogP contribution in [0.4, 0.5) is 0 Å². The highest BCUT2D eigenvalue weighted by molar-refractivity contribution is 9.10. The van der Waals surface area contributed by atoms with Gasteiger partial charge in [-0.05, 0) is 59.6 Å². The summed E-state index contributed by atoms with van der Waals surface area (Å²) in [4.78, 5) is 32.4. The summed E-state index contributed by atoms with van der Waals surface area (Å²) in [6.07, 6.45) is 2.39. The van der Waals surface area contributed by atoms with Gasteiger partial charge in [-0.1, -0.05) is 29.8 Å². The SMILES string of the molecule is CCOc1cc(C=Nn2c([C@H](C)CC)nc3ccc(Br)cc3c2=O)c(Br)cc1OCC(=O)N1CCOCC1. The highest BCUT2D eigenvalue weighted by atomic mass is 79.9. The van der Waals surface area contributed by atoms with Gasteiger partial charge < -0.3 is 19.1 Å². The third-order valence-corrected chi connectivity index (χ3v) is 7.46. The van der Waals surface area contributed by atoms with Crippen molar-refractivity contribution in [2.24, 2.45) is 5.10 Å². The van der Waals surface area contributed by atoms with Crippen molar-refractivity contribution in [3.63, 3.8) is 0 Å². The lowest BCUT2D eigenvalue weighted by atomic mass is 10.1. The molecule has 1 fully saturated rings. The number of ether oxygens (including phenoxy) is 3. The largest absolute Gasteiger partial charge is 0.490 e. The molecule has 4 rings (SSSR count). The zero-order valence-corrected chi connectivity index (χ0v) is 24.7. The van der Waals surface area contributed by atoms with E-state index in [1.54, 1.807) is 29.3 Å². The van der Waals surface area contributed by atoms with E-state index in [9.17, 15) is 9.59 Å². The van der Waals surface area contributed by atoms with Gasteiger partial charge in [0.2, 0.25) is 0 Å². The minimum Gasteiger partial charge on any atom is -0.490 e. The molecule has 1 aliphatic rings. The molecule has 0 unspecified atom stereocenters. The molecule has 0 saturated carbocycles. The molecule has 202 valence electrons. The van der Waals surface area contributed by atoms with Gasteiger partial charge in [-0.15, -0.1) is 0 Å². The number of aromatic nitrogens is 2. The Balaban J connectivity index is 1.65. The van der Waals surface area contributed by atoms with Crippen LogP contribution in [0.3, 0.4) is 0 Å². The molecule has 38 heavy (non-hydrogen) atoms. The molecule has 1 atom stereocenters. The summed E-state index contributed by atoms with van der Waals surface area (Å²) >= 11 is 7.01. The van der Waals surface area contributed by atoms with Crippen molar-refractivity contribution >= 4 is 54.9 Å². The molecule has 0 aliphatic carbocycles. The molecule has 1 amide bonds. The molecule has 2 heterocycles. The molecule has 9 nitrogen and oxygen atoms in total. The van der Waals surface area contributed by atoms with Crippen LogP contribution in [0.2, 0.25) is 0 Å². The molecule has 11 heteroatoms. The van der Waals surface area contributed by atoms with Crippen LogP contribution in [0.25, 0.3) is 10.9 Å². The molecule has 0 N–H and O–H groups in total. The summed E-state index contributed by atoms with van der Waals surface area (Å²) in [5.41, 5.74) is 1.06. The molecule has 1 saturated heterocycles. The van der Waals surface area contributed by atoms with Crippen molar-refractivity contribution in [1.29, 1.82) is 0 Å². The molecule has 0 spiro atoms. The van der Waals surface area contributed by atoms with Crippen LogP contribution < -0.4 is 15.0 Å². The third kappa shape index (κ3) is 6.44. The maximum absolute atomic E-state index is 13.4. The van der Waals surface area contributed by atoms with Gasteiger partial charge >= 0.3 is 0 Å². The Labute approximate surface area is 238 Å². The van der Waals surface area contributed by atoms with Crippen LogP contribution in [0.1, 0.15) is 44.5 Å². The lowest BCUT2D eigenvalue weighted by molar-refractivity contribution is -0.137. The van der Waals surface area contributed by atoms with Crippen molar-refractivity contribution in [3.8, 4) is 11.5 Å². The number of hydrogen-bond acceptors (Lipinski definition) is 7. The maximum atomic E-state index is 13.4. The summed E-state index contributed by atoms with van der Waals surface area (Å²) < 4.78 is 19.8. The van der Waals surface area contributed by atoms with Crippen LogP contribution in [0.15, 0.2) is 49.2 Å². The summed E-state index contributed by atoms with van der Waals surface area (Å²) in [7, 11) is 0. The van der Waals surface area contributed by atoms with Gasteiger partial charge in [-0.3, -0.25) is 9.59 Å². The van der Waals surface area contributed by atoms with Gasteiger partial charge in [0.25, 0.3) is 11.5 Å². The normalized spacial score (nSPS) is 14.7. The fraction of sp³-hybridized carbons (Fsp3) is 0.407. The van der Waals surface area contributed by atoms with E-state index in [0.29, 0.717) is 71.2 Å². The number of carbonyl (C=O) groups excluding carboxylic acids is 1. The van der Waals surface area contributed by atoms with Crippen LogP contribution in [0, 0.1) is 0 Å². The number of fused-ring (bicyclic) bond motifs is 1. The quantitative estimate of drug-likeness (QED) is 0.305. The van der Waals surface area contributed by atoms with E-state index in [4.69, 9.17) is 19.2 Å². The second-order valence-corrected chi connectivity index (χ2v) is 10.6. The van der Waals surface area contributed by atoms with Crippen molar-refractivity contribution in [1.82, 2.24) is 14.6 Å². The number of carbonyl (C=O) groups is 1. The molecule has 0 bridgehead atoms. The van der Waals surface area contributed by atoms with E-state index >= 15 is 0 Å². The fourth-order valence-corrected chi connectivity index (χ4v) is 4.76. The zero-order valence-electron chi connectivity index (χ0n) is 21.6. The maximum Gasteiger partial charge on any atom is 0.282 e. The fourth-order valence-electron chi connectivity index (χ4n) is 3.97. The van der Waals surface area contributed by atoms with Gasteiger partial charge in [-0.25, -0.2) is 4.98 Å². The Kier molecular flexibility index (Phi) is 9.56. The van der Waals surface area contributed by atoms with Crippen molar-refractivity contribution in [2.45, 2.75) is 33.1 Å². The predicted molar refractivity (Wildman–Crippen MR) is 154 cm³/mol. The van der Waals surface area contributed by atoms with Crippen LogP contribution in [0.5, 0.6) is 11.5 Å². The van der Waals surface area contributed by atoms with Crippen molar-refractivity contribution in [2.75, 3.05) is 39.5 Å². The molecule has 2 aromatic carbocycles. The Hall–Kier alpha value is -2.76. The van der Waals surface area contributed by atoms with Gasteiger partial charge in [0.1, 0.15) is 5.82 Å². The summed E-state index contributed by atoms with van der Waals surface area (Å²) in [6, 6.07) is 8.96. The minimum absolute atomic E-state index is 0.0232. The highest BCUT2D eigenvalue weighted by Crippen LogP contribution is 2.33. The Bertz CT molecular complexity index is 1400. The number of morpholine rings is 1. The number of nitrogens with zero attached hydrogens (tertiary/aromatic N) is 4. The first-order valence-corrected chi connectivity index (χ1v) is 14.1. The Morgan fingerprint density at radius 2 is 1.89 bits per heavy atom. The van der Waals surface area contributed by atoms with Crippen LogP contribution in [-0.4, -0.2) is 66.2 Å². The number of halogens is 2. The van der Waals surface area contributed by atoms with E-state index < -0.39 is 0 Å². The molecule has 1 aliphatic heterocycles. The van der Waals surface area contributed by atoms with Crippen molar-refractivity contribution < 1.29 is 19.0 Å². The smallest absolute Gasteiger partial charge is 0.282 e. The second-order valence-electron chi connectivity index (χ2n) is 8.84. The molecule has 0 radical (unpaired) electrons. The standard InChI is InChI=1S/C27H30Br2N4O5/c1-4-17(3)26-31-22-7-6-19(28)13-20(22)27(35)33(26)30-15-18-12-23(37-5-2)24(14-21(18)29)38-16-25(34)32-8-10-36-11-9-32/h6-7,12-15,17H,4-5,8-11,16H2,1-3H3/t17-/m1/s1. The topological polar surface area (TPSA) is 95.2 Å². The first-order chi connectivity index (χ1) is 18.3. The minimum atomic E-state index is -0.245. The monoisotopic (exact) mass is 648 g/mol.